The molecule has 0 aliphatic rings. The van der Waals surface area contributed by atoms with E-state index >= 15 is 0 Å². The number of carbonyl (C=O) groups is 2. The molecule has 0 aliphatic heterocycles. The van der Waals surface area contributed by atoms with E-state index in [2.05, 4.69) is 20.6 Å². The number of benzene rings is 2. The first-order valence-corrected chi connectivity index (χ1v) is 11.7. The van der Waals surface area contributed by atoms with Crippen LogP contribution in [0.1, 0.15) is 33.0 Å². The number of nitrogens with zero attached hydrogens (tertiary/aromatic N) is 4. The third-order valence-electron chi connectivity index (χ3n) is 6.08. The second-order valence-corrected chi connectivity index (χ2v) is 8.79. The first-order chi connectivity index (χ1) is 17.8. The normalized spacial score (nSPS) is 11.0. The number of ether oxygens (including phenoxy) is 1. The molecule has 0 aliphatic carbocycles. The molecule has 3 aromatic heterocycles. The fourth-order valence-electron chi connectivity index (χ4n) is 4.16. The lowest BCUT2D eigenvalue weighted by Crippen LogP contribution is -2.21. The minimum Gasteiger partial charge on any atom is -0.452 e. The fraction of sp³-hybridized carbons (Fsp3) is 0.179. The number of hydrogen-bond acceptors (Lipinski definition) is 7. The number of hydrogen-bond donors (Lipinski definition) is 1. The van der Waals surface area contributed by atoms with Gasteiger partial charge in [-0.3, -0.25) is 4.79 Å². The standard InChI is InChI=1S/C28H25N5O4/c1-16-10-12-20(13-11-16)23-14-22(25-17(2)32-37-27(25)29-23)28(35)36-15-24(34)30-26-18(3)31-33(19(26)4)21-8-6-5-7-9-21/h5-14H,15H2,1-4H3,(H,30,34). The van der Waals surface area contributed by atoms with Gasteiger partial charge in [0.05, 0.1) is 45.1 Å². The van der Waals surface area contributed by atoms with Crippen molar-refractivity contribution in [3.05, 3.63) is 88.9 Å². The lowest BCUT2D eigenvalue weighted by molar-refractivity contribution is -0.119. The molecule has 2 aromatic carbocycles. The van der Waals surface area contributed by atoms with Gasteiger partial charge in [-0.05, 0) is 45.9 Å². The molecule has 5 rings (SSSR count). The van der Waals surface area contributed by atoms with Crippen LogP contribution in [0, 0.1) is 27.7 Å². The zero-order valence-electron chi connectivity index (χ0n) is 20.9. The molecule has 9 nitrogen and oxygen atoms in total. The number of esters is 1. The number of nitrogens with one attached hydrogen (secondary N) is 1. The maximum Gasteiger partial charge on any atom is 0.339 e. The summed E-state index contributed by atoms with van der Waals surface area (Å²) in [4.78, 5) is 30.4. The Morgan fingerprint density at radius 2 is 1.70 bits per heavy atom. The third-order valence-corrected chi connectivity index (χ3v) is 6.08. The van der Waals surface area contributed by atoms with Crippen LogP contribution in [0.2, 0.25) is 0 Å². The second kappa shape index (κ2) is 9.69. The predicted octanol–water partition coefficient (Wildman–Crippen LogP) is 5.10. The zero-order chi connectivity index (χ0) is 26.1. The van der Waals surface area contributed by atoms with Gasteiger partial charge in [-0.1, -0.05) is 53.2 Å². The average Bonchev–Trinajstić information content (AvgIpc) is 3.42. The maximum absolute atomic E-state index is 13.1. The van der Waals surface area contributed by atoms with Crippen molar-refractivity contribution in [3.63, 3.8) is 0 Å². The van der Waals surface area contributed by atoms with Gasteiger partial charge in [-0.2, -0.15) is 5.10 Å². The smallest absolute Gasteiger partial charge is 0.339 e. The van der Waals surface area contributed by atoms with Crippen LogP contribution in [0.3, 0.4) is 0 Å². The van der Waals surface area contributed by atoms with E-state index in [4.69, 9.17) is 9.26 Å². The summed E-state index contributed by atoms with van der Waals surface area (Å²) in [6.45, 7) is 6.91. The van der Waals surface area contributed by atoms with Crippen LogP contribution in [0.15, 0.2) is 65.2 Å². The van der Waals surface area contributed by atoms with E-state index in [0.29, 0.717) is 28.2 Å². The summed E-state index contributed by atoms with van der Waals surface area (Å²) in [7, 11) is 0. The van der Waals surface area contributed by atoms with Gasteiger partial charge in [-0.15, -0.1) is 0 Å². The van der Waals surface area contributed by atoms with Gasteiger partial charge in [0.2, 0.25) is 0 Å². The molecule has 1 amide bonds. The molecular formula is C28H25N5O4. The highest BCUT2D eigenvalue weighted by Gasteiger charge is 2.22. The van der Waals surface area contributed by atoms with E-state index in [1.54, 1.807) is 17.7 Å². The molecule has 0 atom stereocenters. The van der Waals surface area contributed by atoms with Crippen LogP contribution in [0.4, 0.5) is 5.69 Å². The largest absolute Gasteiger partial charge is 0.452 e. The number of amides is 1. The molecule has 1 N–H and O–H groups in total. The van der Waals surface area contributed by atoms with Crippen molar-refractivity contribution < 1.29 is 18.8 Å². The van der Waals surface area contributed by atoms with Gasteiger partial charge in [0.1, 0.15) is 0 Å². The molecule has 0 fully saturated rings. The SMILES string of the molecule is Cc1ccc(-c2cc(C(=O)OCC(=O)Nc3c(C)nn(-c4ccccc4)c3C)c3c(C)noc3n2)cc1. The van der Waals surface area contributed by atoms with Crippen molar-refractivity contribution in [2.24, 2.45) is 0 Å². The van der Waals surface area contributed by atoms with Gasteiger partial charge in [0.15, 0.2) is 6.61 Å². The van der Waals surface area contributed by atoms with Gasteiger partial charge in [0, 0.05) is 5.56 Å². The van der Waals surface area contributed by atoms with Crippen molar-refractivity contribution in [3.8, 4) is 16.9 Å². The van der Waals surface area contributed by atoms with E-state index in [1.807, 2.05) is 75.4 Å². The molecule has 37 heavy (non-hydrogen) atoms. The summed E-state index contributed by atoms with van der Waals surface area (Å²) in [6, 6.07) is 19.0. The van der Waals surface area contributed by atoms with Crippen molar-refractivity contribution in [1.29, 1.82) is 0 Å². The number of aryl methyl sites for hydroxylation is 3. The highest BCUT2D eigenvalue weighted by Crippen LogP contribution is 2.28. The van der Waals surface area contributed by atoms with Crippen LogP contribution in [0.5, 0.6) is 0 Å². The number of rotatable bonds is 6. The highest BCUT2D eigenvalue weighted by molar-refractivity contribution is 6.05. The Hall–Kier alpha value is -4.79. The number of carbonyl (C=O) groups excluding carboxylic acids is 2. The summed E-state index contributed by atoms with van der Waals surface area (Å²) in [6.07, 6.45) is 0. The van der Waals surface area contributed by atoms with Gasteiger partial charge < -0.3 is 14.6 Å². The Labute approximate surface area is 213 Å². The van der Waals surface area contributed by atoms with E-state index in [0.717, 1.165) is 22.5 Å². The molecule has 186 valence electrons. The molecule has 3 heterocycles. The summed E-state index contributed by atoms with van der Waals surface area (Å²) < 4.78 is 12.5. The Kier molecular flexibility index (Phi) is 6.27. The lowest BCUT2D eigenvalue weighted by Gasteiger charge is -2.09. The monoisotopic (exact) mass is 495 g/mol. The Bertz CT molecular complexity index is 1620. The van der Waals surface area contributed by atoms with Gasteiger partial charge in [0.25, 0.3) is 11.6 Å². The quantitative estimate of drug-likeness (QED) is 0.326. The average molecular weight is 496 g/mol. The summed E-state index contributed by atoms with van der Waals surface area (Å²) >= 11 is 0. The van der Waals surface area contributed by atoms with Crippen LogP contribution in [-0.2, 0) is 9.53 Å². The summed E-state index contributed by atoms with van der Waals surface area (Å²) in [5, 5.41) is 11.8. The summed E-state index contributed by atoms with van der Waals surface area (Å²) in [5.41, 5.74) is 6.30. The molecular weight excluding hydrogens is 470 g/mol. The first-order valence-electron chi connectivity index (χ1n) is 11.7. The van der Waals surface area contributed by atoms with E-state index < -0.39 is 18.5 Å². The third kappa shape index (κ3) is 4.71. The van der Waals surface area contributed by atoms with Crippen LogP contribution in [0.25, 0.3) is 28.0 Å². The van der Waals surface area contributed by atoms with Crippen LogP contribution < -0.4 is 5.32 Å². The second-order valence-electron chi connectivity index (χ2n) is 8.79. The summed E-state index contributed by atoms with van der Waals surface area (Å²) in [5.74, 6) is -1.14. The fourth-order valence-corrected chi connectivity index (χ4v) is 4.16. The number of aromatic nitrogens is 4. The van der Waals surface area contributed by atoms with E-state index in [1.165, 1.54) is 0 Å². The van der Waals surface area contributed by atoms with E-state index in [9.17, 15) is 9.59 Å². The number of pyridine rings is 1. The van der Waals surface area contributed by atoms with Crippen LogP contribution in [-0.4, -0.2) is 38.4 Å². The van der Waals surface area contributed by atoms with E-state index in [-0.39, 0.29) is 11.3 Å². The number of fused-ring (bicyclic) bond motifs is 1. The van der Waals surface area contributed by atoms with Gasteiger partial charge in [-0.25, -0.2) is 14.5 Å². The molecule has 5 aromatic rings. The number of para-hydroxylation sites is 1. The lowest BCUT2D eigenvalue weighted by atomic mass is 10.0. The first kappa shape index (κ1) is 23.9. The topological polar surface area (TPSA) is 112 Å². The Morgan fingerprint density at radius 3 is 2.43 bits per heavy atom. The minimum atomic E-state index is -0.671. The Morgan fingerprint density at radius 1 is 0.973 bits per heavy atom. The highest BCUT2D eigenvalue weighted by atomic mass is 16.5. The minimum absolute atomic E-state index is 0.228. The molecule has 0 unspecified atom stereocenters. The zero-order valence-corrected chi connectivity index (χ0v) is 20.9. The molecule has 0 radical (unpaired) electrons. The number of anilines is 1. The van der Waals surface area contributed by atoms with Gasteiger partial charge >= 0.3 is 5.97 Å². The predicted molar refractivity (Wildman–Crippen MR) is 139 cm³/mol. The maximum atomic E-state index is 13.1. The molecule has 0 spiro atoms. The molecule has 0 saturated heterocycles. The van der Waals surface area contributed by atoms with Crippen molar-refractivity contribution in [2.75, 3.05) is 11.9 Å². The van der Waals surface area contributed by atoms with Crippen molar-refractivity contribution in [1.82, 2.24) is 19.9 Å². The van der Waals surface area contributed by atoms with Crippen LogP contribution >= 0.6 is 0 Å². The van der Waals surface area contributed by atoms with Crippen molar-refractivity contribution in [2.45, 2.75) is 27.7 Å². The molecule has 9 heteroatoms. The molecule has 0 saturated carbocycles. The van der Waals surface area contributed by atoms with Crippen molar-refractivity contribution >= 4 is 28.7 Å². The Balaban J connectivity index is 1.35. The molecule has 0 bridgehead atoms.